The number of hydrogen-bond donors (Lipinski definition) is 5. The number of hydrogen-bond acceptors (Lipinski definition) is 11. The first-order valence-electron chi connectivity index (χ1n) is 18.5. The van der Waals surface area contributed by atoms with Crippen molar-refractivity contribution in [3.63, 3.8) is 0 Å². The Morgan fingerprint density at radius 2 is 1.12 bits per heavy atom. The molecule has 302 valence electrons. The lowest BCUT2D eigenvalue weighted by atomic mass is 9.92. The van der Waals surface area contributed by atoms with Crippen LogP contribution in [0, 0.1) is 5.41 Å². The summed E-state index contributed by atoms with van der Waals surface area (Å²) < 4.78 is 32.3. The molecule has 0 radical (unpaired) electrons. The Morgan fingerprint density at radius 1 is 0.654 bits per heavy atom. The molecule has 0 fully saturated rings. The van der Waals surface area contributed by atoms with Gasteiger partial charge in [-0.15, -0.1) is 0 Å². The zero-order chi connectivity index (χ0) is 39.3. The van der Waals surface area contributed by atoms with Gasteiger partial charge in [0.15, 0.2) is 6.10 Å². The third kappa shape index (κ3) is 32.8. The summed E-state index contributed by atoms with van der Waals surface area (Å²) in [6.45, 7) is 6.30. The van der Waals surface area contributed by atoms with Gasteiger partial charge < -0.3 is 35.6 Å². The summed E-state index contributed by atoms with van der Waals surface area (Å²) in [4.78, 5) is 81.2. The Kier molecular flexibility index (Phi) is 27.7. The quantitative estimate of drug-likeness (QED) is 0.0384. The fourth-order valence-electron chi connectivity index (χ4n) is 4.69. The van der Waals surface area contributed by atoms with Crippen molar-refractivity contribution in [3.8, 4) is 0 Å². The van der Waals surface area contributed by atoms with Crippen molar-refractivity contribution >= 4 is 43.4 Å². The van der Waals surface area contributed by atoms with E-state index in [-0.39, 0.29) is 43.9 Å². The van der Waals surface area contributed by atoms with Gasteiger partial charge in [-0.3, -0.25) is 37.8 Å². The molecule has 5 N–H and O–H groups in total. The molecular weight excluding hydrogens is 699 g/mol. The molecule has 0 aromatic rings. The molecule has 4 amide bonds. The fraction of sp³-hybridized carbons (Fsp3) is 0.829. The average molecular weight is 765 g/mol. The lowest BCUT2D eigenvalue weighted by molar-refractivity contribution is -0.160. The lowest BCUT2D eigenvalue weighted by Crippen LogP contribution is -2.44. The molecule has 0 saturated carbocycles. The molecule has 52 heavy (non-hydrogen) atoms. The van der Waals surface area contributed by atoms with Gasteiger partial charge in [0.05, 0.1) is 32.8 Å². The number of carbonyl (C=O) groups excluding carboxylic acids is 6. The highest BCUT2D eigenvalue weighted by Gasteiger charge is 2.26. The van der Waals surface area contributed by atoms with E-state index in [1.807, 2.05) is 20.8 Å². The van der Waals surface area contributed by atoms with E-state index in [1.54, 1.807) is 0 Å². The molecule has 0 aliphatic heterocycles. The van der Waals surface area contributed by atoms with E-state index in [1.165, 1.54) is 64.7 Å². The third-order valence-corrected chi connectivity index (χ3v) is 8.37. The van der Waals surface area contributed by atoms with Gasteiger partial charge in [0.25, 0.3) is 0 Å². The Hall–Kier alpha value is -3.07. The minimum Gasteiger partial charge on any atom is -0.462 e. The lowest BCUT2D eigenvalue weighted by Gasteiger charge is -2.19. The number of nitrogens with one attached hydrogen (secondary N) is 4. The molecule has 0 saturated heterocycles. The minimum absolute atomic E-state index is 0.147. The third-order valence-electron chi connectivity index (χ3n) is 7.39. The predicted octanol–water partition coefficient (Wildman–Crippen LogP) is 3.98. The van der Waals surface area contributed by atoms with E-state index in [0.29, 0.717) is 6.42 Å². The summed E-state index contributed by atoms with van der Waals surface area (Å²) >= 11 is 0. The number of ether oxygens (including phenoxy) is 2. The van der Waals surface area contributed by atoms with Gasteiger partial charge in [0.2, 0.25) is 23.6 Å². The molecule has 0 aromatic heterocycles. The zero-order valence-corrected chi connectivity index (χ0v) is 32.9. The maximum atomic E-state index is 12.4. The summed E-state index contributed by atoms with van der Waals surface area (Å²) in [6.07, 6.45) is 14.4. The monoisotopic (exact) mass is 764 g/mol. The van der Waals surface area contributed by atoms with Gasteiger partial charge in [-0.05, 0) is 11.8 Å². The van der Waals surface area contributed by atoms with Crippen molar-refractivity contribution < 1.29 is 56.7 Å². The van der Waals surface area contributed by atoms with Crippen molar-refractivity contribution in [3.05, 3.63) is 0 Å². The minimum atomic E-state index is -4.64. The maximum absolute atomic E-state index is 12.4. The molecule has 16 nitrogen and oxygen atoms in total. The molecule has 0 aliphatic rings. The van der Waals surface area contributed by atoms with Crippen LogP contribution in [0.25, 0.3) is 0 Å². The molecule has 0 rings (SSSR count). The zero-order valence-electron chi connectivity index (χ0n) is 32.0. The highest BCUT2D eigenvalue weighted by atomic mass is 31.2. The first-order valence-corrected chi connectivity index (χ1v) is 20.0. The summed E-state index contributed by atoms with van der Waals surface area (Å²) in [5, 5.41) is 9.45. The largest absolute Gasteiger partial charge is 0.472 e. The summed E-state index contributed by atoms with van der Waals surface area (Å²) in [5.41, 5.74) is -0.237. The van der Waals surface area contributed by atoms with E-state index in [9.17, 15) is 38.2 Å². The average Bonchev–Trinajstić information content (AvgIpc) is 3.06. The SMILES string of the molecule is CCCCCCCCCCCCCCCC(=O)OC(COC(C)=O)COP(=O)(O)OCCNC(=O)CNC(=O)CNC(=O)CNC(=O)CC(C)(C)C. The van der Waals surface area contributed by atoms with Gasteiger partial charge in [-0.25, -0.2) is 4.57 Å². The second kappa shape index (κ2) is 29.4. The smallest absolute Gasteiger partial charge is 0.462 e. The number of phosphoric ester groups is 1. The van der Waals surface area contributed by atoms with Crippen molar-refractivity contribution in [2.45, 2.75) is 137 Å². The second-order valence-electron chi connectivity index (χ2n) is 13.9. The van der Waals surface area contributed by atoms with Gasteiger partial charge in [-0.2, -0.15) is 0 Å². The molecule has 17 heteroatoms. The van der Waals surface area contributed by atoms with Crippen molar-refractivity contribution in [2.75, 3.05) is 46.0 Å². The van der Waals surface area contributed by atoms with E-state index < -0.39 is 69.9 Å². The normalized spacial score (nSPS) is 13.0. The first kappa shape index (κ1) is 48.9. The van der Waals surface area contributed by atoms with Crippen LogP contribution in [-0.4, -0.2) is 92.6 Å². The summed E-state index contributed by atoms with van der Waals surface area (Å²) in [5.74, 6) is -3.33. The highest BCUT2D eigenvalue weighted by Crippen LogP contribution is 2.43. The number of unbranched alkanes of at least 4 members (excludes halogenated alkanes) is 12. The standard InChI is InChI=1S/C35H65N4O12P/c1-6-7-8-9-10-11-12-13-14-15-16-17-18-19-34(45)51-29(26-48-28(2)40)27-50-52(46,47)49-21-20-36-31(42)23-38-33(44)25-39-32(43)24-37-30(41)22-35(3,4)5/h29H,6-27H2,1-5H3,(H,36,42)(H,37,41)(H,38,44)(H,39,43)(H,46,47). The van der Waals surface area contributed by atoms with Gasteiger partial charge in [0.1, 0.15) is 6.61 Å². The van der Waals surface area contributed by atoms with Crippen LogP contribution in [0.1, 0.15) is 131 Å². The van der Waals surface area contributed by atoms with Crippen LogP contribution in [0.15, 0.2) is 0 Å². The van der Waals surface area contributed by atoms with Crippen LogP contribution < -0.4 is 21.3 Å². The highest BCUT2D eigenvalue weighted by molar-refractivity contribution is 7.47. The number of phosphoric acid groups is 1. The molecule has 2 unspecified atom stereocenters. The van der Waals surface area contributed by atoms with Crippen LogP contribution in [0.2, 0.25) is 0 Å². The van der Waals surface area contributed by atoms with Crippen LogP contribution >= 0.6 is 7.82 Å². The number of amides is 4. The van der Waals surface area contributed by atoms with Crippen molar-refractivity contribution in [1.82, 2.24) is 21.3 Å². The summed E-state index contributed by atoms with van der Waals surface area (Å²) in [6, 6.07) is 0. The summed E-state index contributed by atoms with van der Waals surface area (Å²) in [7, 11) is -4.64. The van der Waals surface area contributed by atoms with Gasteiger partial charge >= 0.3 is 19.8 Å². The second-order valence-corrected chi connectivity index (χ2v) is 15.4. The van der Waals surface area contributed by atoms with E-state index in [0.717, 1.165) is 19.3 Å². The fourth-order valence-corrected chi connectivity index (χ4v) is 5.44. The van der Waals surface area contributed by atoms with E-state index >= 15 is 0 Å². The Labute approximate surface area is 309 Å². The molecule has 0 aliphatic carbocycles. The Morgan fingerprint density at radius 3 is 1.60 bits per heavy atom. The molecule has 0 aromatic carbocycles. The molecule has 2 atom stereocenters. The van der Waals surface area contributed by atoms with Crippen LogP contribution in [-0.2, 0) is 51.9 Å². The molecule has 0 bridgehead atoms. The van der Waals surface area contributed by atoms with Crippen molar-refractivity contribution in [1.29, 1.82) is 0 Å². The van der Waals surface area contributed by atoms with Gasteiger partial charge in [-0.1, -0.05) is 105 Å². The number of esters is 2. The van der Waals surface area contributed by atoms with E-state index in [2.05, 4.69) is 28.2 Å². The molecule has 0 spiro atoms. The Balaban J connectivity index is 4.23. The molecular formula is C35H65N4O12P. The Bertz CT molecular complexity index is 1120. The van der Waals surface area contributed by atoms with Crippen LogP contribution in [0.5, 0.6) is 0 Å². The topological polar surface area (TPSA) is 225 Å². The predicted molar refractivity (Wildman–Crippen MR) is 195 cm³/mol. The van der Waals surface area contributed by atoms with E-state index in [4.69, 9.17) is 18.5 Å². The molecule has 0 heterocycles. The first-order chi connectivity index (χ1) is 24.5. The van der Waals surface area contributed by atoms with Crippen LogP contribution in [0.3, 0.4) is 0 Å². The number of rotatable bonds is 31. The van der Waals surface area contributed by atoms with Crippen molar-refractivity contribution in [2.24, 2.45) is 5.41 Å². The van der Waals surface area contributed by atoms with Gasteiger partial charge in [0, 0.05) is 26.3 Å². The van der Waals surface area contributed by atoms with Crippen LogP contribution in [0.4, 0.5) is 0 Å². The number of carbonyl (C=O) groups is 6. The maximum Gasteiger partial charge on any atom is 0.472 e.